The van der Waals surface area contributed by atoms with E-state index in [0.717, 1.165) is 6.07 Å². The van der Waals surface area contributed by atoms with Gasteiger partial charge in [-0.1, -0.05) is 59.3 Å². The van der Waals surface area contributed by atoms with Crippen molar-refractivity contribution in [2.75, 3.05) is 12.4 Å². The molecule has 2 N–H and O–H groups in total. The molecule has 0 aliphatic heterocycles. The Kier molecular flexibility index (Phi) is 9.43. The van der Waals surface area contributed by atoms with E-state index in [1.54, 1.807) is 43.3 Å². The summed E-state index contributed by atoms with van der Waals surface area (Å²) in [6, 6.07) is 15.3. The van der Waals surface area contributed by atoms with E-state index < -0.39 is 26.7 Å². The molecule has 0 aliphatic rings. The Hall–Kier alpha value is -2.70. The van der Waals surface area contributed by atoms with Crippen LogP contribution in [0.15, 0.2) is 75.8 Å². The first kappa shape index (κ1) is 29.9. The fourth-order valence-corrected chi connectivity index (χ4v) is 4.92. The summed E-state index contributed by atoms with van der Waals surface area (Å²) in [6.07, 6.45) is 0. The van der Waals surface area contributed by atoms with Gasteiger partial charge in [-0.2, -0.15) is 13.5 Å². The predicted octanol–water partition coefficient (Wildman–Crippen LogP) is 3.46. The maximum atomic E-state index is 13.4. The van der Waals surface area contributed by atoms with Gasteiger partial charge in [0.1, 0.15) is 16.3 Å². The molecule has 9 nitrogen and oxygen atoms in total. The second kappa shape index (κ2) is 12.0. The number of nitrogens with one attached hydrogen (secondary N) is 1. The van der Waals surface area contributed by atoms with Gasteiger partial charge < -0.3 is 15.2 Å². The molecule has 0 unspecified atom stereocenters. The van der Waals surface area contributed by atoms with Crippen LogP contribution in [0, 0.1) is 6.92 Å². The molecular weight excluding hydrogens is 564 g/mol. The molecule has 0 aliphatic carbocycles. The van der Waals surface area contributed by atoms with Gasteiger partial charge in [0, 0.05) is 27.7 Å². The number of amides is 1. The number of halogens is 2. The van der Waals surface area contributed by atoms with Gasteiger partial charge in [-0.15, -0.1) is 5.11 Å². The molecule has 190 valence electrons. The molecule has 4 aromatic rings. The molecule has 0 heterocycles. The van der Waals surface area contributed by atoms with Gasteiger partial charge in [-0.05, 0) is 42.1 Å². The first-order chi connectivity index (χ1) is 17.5. The number of azo groups is 1. The van der Waals surface area contributed by atoms with Gasteiger partial charge in [0.15, 0.2) is 0 Å². The van der Waals surface area contributed by atoms with Crippen LogP contribution in [-0.4, -0.2) is 26.0 Å². The van der Waals surface area contributed by atoms with E-state index in [4.69, 9.17) is 27.9 Å². The van der Waals surface area contributed by atoms with Crippen LogP contribution in [0.2, 0.25) is 10.0 Å². The fourth-order valence-electron chi connectivity index (χ4n) is 3.59. The molecule has 0 radical (unpaired) electrons. The smallest absolute Gasteiger partial charge is 0.870 e. The number of nitrogens with zero attached hydrogens (tertiary/aromatic N) is 2. The number of carbonyl (C=O) groups is 1. The van der Waals surface area contributed by atoms with Crippen molar-refractivity contribution in [3.8, 4) is 11.5 Å². The molecule has 0 spiro atoms. The largest absolute Gasteiger partial charge is 1.00 e. The number of ether oxygens (including phenoxy) is 1. The van der Waals surface area contributed by atoms with E-state index in [1.165, 1.54) is 25.3 Å². The summed E-state index contributed by atoms with van der Waals surface area (Å²) in [4.78, 5) is 12.5. The molecule has 38 heavy (non-hydrogen) atoms. The van der Waals surface area contributed by atoms with Crippen molar-refractivity contribution in [2.24, 2.45) is 10.2 Å². The molecule has 0 bridgehead atoms. The Morgan fingerprint density at radius 3 is 2.39 bits per heavy atom. The third kappa shape index (κ3) is 6.29. The SMILES string of the molecule is COc1cc(Cl)cc(NC(=O)c2cc3ccccc3c(N=Nc3c(C)ccc(S(=O)(=O)O)c3Cl)c2[O-])c1.[Na+]. The number of methoxy groups -OCH3 is 1. The summed E-state index contributed by atoms with van der Waals surface area (Å²) in [5.41, 5.74) is 0.345. The van der Waals surface area contributed by atoms with Crippen molar-refractivity contribution < 1.29 is 57.2 Å². The summed E-state index contributed by atoms with van der Waals surface area (Å²) in [5, 5.41) is 25.0. The number of aryl methyl sites for hydroxylation is 1. The predicted molar refractivity (Wildman–Crippen MR) is 140 cm³/mol. The van der Waals surface area contributed by atoms with E-state index in [0.29, 0.717) is 32.8 Å². The minimum atomic E-state index is -4.62. The summed E-state index contributed by atoms with van der Waals surface area (Å²) in [6.45, 7) is 1.60. The summed E-state index contributed by atoms with van der Waals surface area (Å²) < 4.78 is 37.9. The van der Waals surface area contributed by atoms with Crippen molar-refractivity contribution in [3.05, 3.63) is 81.8 Å². The average molecular weight is 582 g/mol. The zero-order valence-electron chi connectivity index (χ0n) is 20.3. The molecule has 4 rings (SSSR count). The Labute approximate surface area is 250 Å². The maximum Gasteiger partial charge on any atom is 1.00 e. The summed E-state index contributed by atoms with van der Waals surface area (Å²) in [5.74, 6) is -1.01. The Balaban J connectivity index is 0.00000400. The van der Waals surface area contributed by atoms with Gasteiger partial charge in [0.05, 0.1) is 17.8 Å². The molecule has 1 amide bonds. The standard InChI is InChI=1S/C25H19Cl2N3O6S.Na/c1-13-7-8-20(37(33,34)35)21(27)22(13)29-30-23-18-6-4-3-5-14(18)9-19(24(23)31)25(32)28-16-10-15(26)11-17(12-16)36-2;/h3-12,31H,1-2H3,(H,28,32)(H,33,34,35);/q;+1/p-1. The third-order valence-electron chi connectivity index (χ3n) is 5.40. The molecule has 13 heteroatoms. The minimum Gasteiger partial charge on any atom is -0.870 e. The zero-order chi connectivity index (χ0) is 26.9. The van der Waals surface area contributed by atoms with Crippen molar-refractivity contribution in [2.45, 2.75) is 11.8 Å². The number of benzene rings is 4. The monoisotopic (exact) mass is 581 g/mol. The van der Waals surface area contributed by atoms with E-state index in [2.05, 4.69) is 15.5 Å². The van der Waals surface area contributed by atoms with E-state index >= 15 is 0 Å². The molecule has 4 aromatic carbocycles. The molecule has 0 saturated carbocycles. The van der Waals surface area contributed by atoms with E-state index in [9.17, 15) is 22.9 Å². The Morgan fingerprint density at radius 1 is 1.03 bits per heavy atom. The molecule has 0 atom stereocenters. The number of rotatable bonds is 6. The second-order valence-electron chi connectivity index (χ2n) is 7.88. The van der Waals surface area contributed by atoms with Crippen LogP contribution in [-0.2, 0) is 10.1 Å². The number of hydrogen-bond acceptors (Lipinski definition) is 7. The van der Waals surface area contributed by atoms with Crippen molar-refractivity contribution in [1.29, 1.82) is 0 Å². The fraction of sp³-hybridized carbons (Fsp3) is 0.0800. The van der Waals surface area contributed by atoms with Crippen LogP contribution in [0.4, 0.5) is 17.1 Å². The van der Waals surface area contributed by atoms with Crippen molar-refractivity contribution >= 4 is 67.1 Å². The Morgan fingerprint density at radius 2 is 1.71 bits per heavy atom. The van der Waals surface area contributed by atoms with Gasteiger partial charge in [-0.25, -0.2) is 0 Å². The van der Waals surface area contributed by atoms with Crippen molar-refractivity contribution in [1.82, 2.24) is 0 Å². The van der Waals surface area contributed by atoms with Gasteiger partial charge in [0.2, 0.25) is 0 Å². The average Bonchev–Trinajstić information content (AvgIpc) is 2.83. The molecule has 0 aromatic heterocycles. The first-order valence-electron chi connectivity index (χ1n) is 10.6. The topological polar surface area (TPSA) is 140 Å². The minimum absolute atomic E-state index is 0. The number of carbonyl (C=O) groups excluding carboxylic acids is 1. The number of fused-ring (bicyclic) bond motifs is 1. The van der Waals surface area contributed by atoms with Crippen molar-refractivity contribution in [3.63, 3.8) is 0 Å². The van der Waals surface area contributed by atoms with Crippen LogP contribution >= 0.6 is 23.2 Å². The molecule has 0 fully saturated rings. The Bertz CT molecular complexity index is 1700. The summed E-state index contributed by atoms with van der Waals surface area (Å²) >= 11 is 12.2. The van der Waals surface area contributed by atoms with E-state index in [-0.39, 0.29) is 51.5 Å². The number of hydrogen-bond donors (Lipinski definition) is 2. The molecule has 0 saturated heterocycles. The van der Waals surface area contributed by atoms with Crippen LogP contribution < -0.4 is 44.7 Å². The van der Waals surface area contributed by atoms with E-state index in [1.807, 2.05) is 0 Å². The van der Waals surface area contributed by atoms with Crippen LogP contribution in [0.5, 0.6) is 11.5 Å². The quantitative estimate of drug-likeness (QED) is 0.203. The van der Waals surface area contributed by atoms with Crippen LogP contribution in [0.1, 0.15) is 15.9 Å². The first-order valence-corrected chi connectivity index (χ1v) is 12.8. The maximum absolute atomic E-state index is 13.4. The van der Waals surface area contributed by atoms with Gasteiger partial charge in [-0.3, -0.25) is 9.35 Å². The van der Waals surface area contributed by atoms with Gasteiger partial charge >= 0.3 is 29.6 Å². The molecular formula is C25H18Cl2N3NaO6S. The number of anilines is 1. The second-order valence-corrected chi connectivity index (χ2v) is 10.1. The third-order valence-corrected chi connectivity index (χ3v) is 7.00. The zero-order valence-corrected chi connectivity index (χ0v) is 24.6. The normalized spacial score (nSPS) is 11.4. The van der Waals surface area contributed by atoms with Crippen LogP contribution in [0.3, 0.4) is 0 Å². The summed E-state index contributed by atoms with van der Waals surface area (Å²) in [7, 11) is -3.17. The van der Waals surface area contributed by atoms with Crippen LogP contribution in [0.25, 0.3) is 10.8 Å². The van der Waals surface area contributed by atoms with Gasteiger partial charge in [0.25, 0.3) is 16.0 Å².